The minimum Gasteiger partial charge on any atom is -0.748 e. The van der Waals surface area contributed by atoms with Gasteiger partial charge in [0.1, 0.15) is 18.9 Å². The predicted octanol–water partition coefficient (Wildman–Crippen LogP) is -3.57. The Morgan fingerprint density at radius 2 is 2.21 bits per heavy atom. The van der Waals surface area contributed by atoms with E-state index in [1.165, 1.54) is 0 Å². The Balaban J connectivity index is 0.00000169. The first-order chi connectivity index (χ1) is 6.01. The Kier molecular flexibility index (Phi) is 5.61. The molecule has 0 unspecified atom stereocenters. The fourth-order valence-corrected chi connectivity index (χ4v) is 1.30. The van der Waals surface area contributed by atoms with Crippen molar-refractivity contribution in [2.24, 2.45) is 0 Å². The Bertz CT molecular complexity index is 399. The van der Waals surface area contributed by atoms with E-state index in [1.807, 2.05) is 0 Å². The van der Waals surface area contributed by atoms with Crippen LogP contribution in [0.15, 0.2) is 25.3 Å². The molecule has 0 fully saturated rings. The molecule has 14 heavy (non-hydrogen) atoms. The van der Waals surface area contributed by atoms with Gasteiger partial charge in [0.15, 0.2) is 0 Å². The number of hydrogen-bond acceptors (Lipinski definition) is 3. The number of hydrogen-bond donors (Lipinski definition) is 0. The molecule has 72 valence electrons. The zero-order valence-electron chi connectivity index (χ0n) is 7.96. The molecular formula is C7H10N2NaO3S+. The second kappa shape index (κ2) is 5.67. The maximum atomic E-state index is 10.3. The van der Waals surface area contributed by atoms with Gasteiger partial charge in [-0.05, 0) is 0 Å². The van der Waals surface area contributed by atoms with E-state index in [1.54, 1.807) is 34.1 Å². The molecule has 0 aromatic carbocycles. The molecule has 0 amide bonds. The fourth-order valence-electron chi connectivity index (χ4n) is 0.868. The molecule has 0 radical (unpaired) electrons. The third-order valence-electron chi connectivity index (χ3n) is 1.52. The van der Waals surface area contributed by atoms with Gasteiger partial charge in [-0.1, -0.05) is 6.58 Å². The number of rotatable bonds is 4. The van der Waals surface area contributed by atoms with Crippen molar-refractivity contribution in [1.29, 1.82) is 0 Å². The predicted molar refractivity (Wildman–Crippen MR) is 45.6 cm³/mol. The average molecular weight is 225 g/mol. The van der Waals surface area contributed by atoms with Crippen LogP contribution in [0.2, 0.25) is 0 Å². The summed E-state index contributed by atoms with van der Waals surface area (Å²) in [7, 11) is -4.13. The van der Waals surface area contributed by atoms with Crippen LogP contribution in [-0.2, 0) is 16.7 Å². The van der Waals surface area contributed by atoms with E-state index < -0.39 is 15.9 Å². The molecule has 5 nitrogen and oxygen atoms in total. The van der Waals surface area contributed by atoms with Crippen LogP contribution >= 0.6 is 0 Å². The van der Waals surface area contributed by atoms with Gasteiger partial charge in [0.2, 0.25) is 6.33 Å². The smallest absolute Gasteiger partial charge is 0.748 e. The normalized spacial score (nSPS) is 10.6. The van der Waals surface area contributed by atoms with Crippen LogP contribution in [0.25, 0.3) is 6.20 Å². The van der Waals surface area contributed by atoms with Crippen LogP contribution in [0.1, 0.15) is 0 Å². The van der Waals surface area contributed by atoms with Crippen molar-refractivity contribution >= 4 is 16.3 Å². The Morgan fingerprint density at radius 1 is 1.57 bits per heavy atom. The van der Waals surface area contributed by atoms with Crippen molar-refractivity contribution in [2.45, 2.75) is 6.54 Å². The van der Waals surface area contributed by atoms with Crippen LogP contribution in [0.5, 0.6) is 0 Å². The van der Waals surface area contributed by atoms with E-state index >= 15 is 0 Å². The van der Waals surface area contributed by atoms with E-state index in [4.69, 9.17) is 0 Å². The van der Waals surface area contributed by atoms with Crippen molar-refractivity contribution in [2.75, 3.05) is 5.75 Å². The number of nitrogens with zero attached hydrogens (tertiary/aromatic N) is 2. The summed E-state index contributed by atoms with van der Waals surface area (Å²) in [5.74, 6) is -0.390. The monoisotopic (exact) mass is 225 g/mol. The summed E-state index contributed by atoms with van der Waals surface area (Å²) in [6.07, 6.45) is 6.61. The summed E-state index contributed by atoms with van der Waals surface area (Å²) in [5.41, 5.74) is 0. The summed E-state index contributed by atoms with van der Waals surface area (Å²) >= 11 is 0. The standard InChI is InChI=1S/C7H10N2O3S.Na/c1-2-8-3-4-9(7-8)5-6-13(10,11)12;/h2-4,7H,1,5-6H2;/q;+1. The fraction of sp³-hybridized carbons (Fsp3) is 0.286. The number of aryl methyl sites for hydroxylation is 1. The molecule has 0 aliphatic carbocycles. The van der Waals surface area contributed by atoms with Crippen molar-refractivity contribution in [3.05, 3.63) is 25.3 Å². The zero-order valence-corrected chi connectivity index (χ0v) is 10.8. The molecule has 7 heteroatoms. The minimum absolute atomic E-state index is 0. The first kappa shape index (κ1) is 13.9. The van der Waals surface area contributed by atoms with E-state index in [9.17, 15) is 13.0 Å². The third-order valence-corrected chi connectivity index (χ3v) is 2.20. The molecule has 1 heterocycles. The van der Waals surface area contributed by atoms with E-state index in [0.717, 1.165) is 0 Å². The van der Waals surface area contributed by atoms with E-state index in [2.05, 4.69) is 6.58 Å². The van der Waals surface area contributed by atoms with Gasteiger partial charge in [0, 0.05) is 0 Å². The summed E-state index contributed by atoms with van der Waals surface area (Å²) in [6, 6.07) is 0. The molecule has 0 aliphatic heterocycles. The van der Waals surface area contributed by atoms with Crippen LogP contribution in [0.4, 0.5) is 0 Å². The molecule has 0 atom stereocenters. The molecule has 1 rings (SSSR count). The molecular weight excluding hydrogens is 215 g/mol. The van der Waals surface area contributed by atoms with Gasteiger partial charge in [0.05, 0.1) is 22.1 Å². The first-order valence-corrected chi connectivity index (χ1v) is 5.21. The maximum absolute atomic E-state index is 10.3. The SMILES string of the molecule is C=Cn1cc[n+](CCS(=O)(=O)[O-])c1.[Na+]. The molecule has 0 bridgehead atoms. The van der Waals surface area contributed by atoms with Crippen LogP contribution in [-0.4, -0.2) is 23.3 Å². The van der Waals surface area contributed by atoms with Crippen molar-refractivity contribution in [3.8, 4) is 0 Å². The van der Waals surface area contributed by atoms with Crippen molar-refractivity contribution in [1.82, 2.24) is 4.57 Å². The topological polar surface area (TPSA) is 66.0 Å². The molecule has 0 spiro atoms. The minimum atomic E-state index is -4.13. The van der Waals surface area contributed by atoms with Gasteiger partial charge >= 0.3 is 29.6 Å². The van der Waals surface area contributed by atoms with Crippen molar-refractivity contribution < 1.29 is 47.1 Å². The summed E-state index contributed by atoms with van der Waals surface area (Å²) in [6.45, 7) is 3.70. The molecule has 1 aromatic rings. The second-order valence-electron chi connectivity index (χ2n) is 2.54. The number of imidazole rings is 1. The zero-order chi connectivity index (χ0) is 9.90. The molecule has 0 saturated carbocycles. The Morgan fingerprint density at radius 3 is 2.64 bits per heavy atom. The van der Waals surface area contributed by atoms with Gasteiger partial charge in [-0.2, -0.15) is 0 Å². The van der Waals surface area contributed by atoms with Gasteiger partial charge in [0.25, 0.3) is 0 Å². The average Bonchev–Trinajstić information content (AvgIpc) is 2.47. The summed E-state index contributed by atoms with van der Waals surface area (Å²) in [5, 5.41) is 0. The summed E-state index contributed by atoms with van der Waals surface area (Å²) < 4.78 is 34.1. The van der Waals surface area contributed by atoms with Crippen molar-refractivity contribution in [3.63, 3.8) is 0 Å². The maximum Gasteiger partial charge on any atom is 1.00 e. The van der Waals surface area contributed by atoms with E-state index in [-0.39, 0.29) is 36.1 Å². The van der Waals surface area contributed by atoms with Crippen LogP contribution in [0.3, 0.4) is 0 Å². The Labute approximate surface area is 105 Å². The third kappa shape index (κ3) is 4.92. The quantitative estimate of drug-likeness (QED) is 0.302. The van der Waals surface area contributed by atoms with E-state index in [0.29, 0.717) is 0 Å². The van der Waals surface area contributed by atoms with Crippen LogP contribution in [0, 0.1) is 0 Å². The largest absolute Gasteiger partial charge is 1.00 e. The molecule has 1 aromatic heterocycles. The Hall–Kier alpha value is -0.140. The van der Waals surface area contributed by atoms with Crippen LogP contribution < -0.4 is 34.1 Å². The van der Waals surface area contributed by atoms with Gasteiger partial charge in [-0.25, -0.2) is 17.6 Å². The molecule has 0 N–H and O–H groups in total. The van der Waals surface area contributed by atoms with Gasteiger partial charge < -0.3 is 4.55 Å². The molecule has 0 saturated heterocycles. The second-order valence-corrected chi connectivity index (χ2v) is 4.07. The van der Waals surface area contributed by atoms with Gasteiger partial charge in [-0.15, -0.1) is 0 Å². The summed E-state index contributed by atoms with van der Waals surface area (Å²) in [4.78, 5) is 0. The number of aromatic nitrogens is 2. The molecule has 0 aliphatic rings. The first-order valence-electron chi connectivity index (χ1n) is 3.64. The van der Waals surface area contributed by atoms with Gasteiger partial charge in [-0.3, -0.25) is 0 Å².